The number of phenols is 1. The smallest absolute Gasteiger partial charge is 0.161 e. The van der Waals surface area contributed by atoms with E-state index in [9.17, 15) is 5.11 Å². The SMILES string of the molecule is Oc1c(Cl)cc(Cl)c2ccc(/C=C/c3ccc4c(c3)OCCO4)nc12. The highest BCUT2D eigenvalue weighted by Crippen LogP contribution is 2.36. The van der Waals surface area contributed by atoms with Crippen LogP contribution < -0.4 is 9.47 Å². The van der Waals surface area contributed by atoms with Gasteiger partial charge in [0.25, 0.3) is 0 Å². The lowest BCUT2D eigenvalue weighted by Crippen LogP contribution is -2.15. The highest BCUT2D eigenvalue weighted by molar-refractivity contribution is 6.39. The fourth-order valence-electron chi connectivity index (χ4n) is 2.66. The van der Waals surface area contributed by atoms with E-state index in [2.05, 4.69) is 4.98 Å². The van der Waals surface area contributed by atoms with Crippen LogP contribution in [0.4, 0.5) is 0 Å². The molecule has 0 saturated carbocycles. The second kappa shape index (κ2) is 6.47. The fourth-order valence-corrected chi connectivity index (χ4v) is 3.17. The maximum absolute atomic E-state index is 10.1. The van der Waals surface area contributed by atoms with E-state index in [1.165, 1.54) is 6.07 Å². The Morgan fingerprint density at radius 2 is 1.72 bits per heavy atom. The van der Waals surface area contributed by atoms with Gasteiger partial charge < -0.3 is 14.6 Å². The highest BCUT2D eigenvalue weighted by atomic mass is 35.5. The van der Waals surface area contributed by atoms with Crippen LogP contribution in [0.1, 0.15) is 11.3 Å². The predicted molar refractivity (Wildman–Crippen MR) is 99.8 cm³/mol. The molecule has 6 heteroatoms. The van der Waals surface area contributed by atoms with Crippen molar-refractivity contribution in [2.24, 2.45) is 0 Å². The lowest BCUT2D eigenvalue weighted by Gasteiger charge is -2.18. The number of phenolic OH excluding ortho intramolecular Hbond substituents is 1. The third-order valence-electron chi connectivity index (χ3n) is 3.89. The summed E-state index contributed by atoms with van der Waals surface area (Å²) >= 11 is 12.1. The number of pyridine rings is 1. The minimum atomic E-state index is -0.0735. The summed E-state index contributed by atoms with van der Waals surface area (Å²) in [5.74, 6) is 1.41. The van der Waals surface area contributed by atoms with Gasteiger partial charge in [-0.15, -0.1) is 0 Å². The molecule has 0 amide bonds. The molecule has 1 aromatic heterocycles. The van der Waals surface area contributed by atoms with Crippen molar-refractivity contribution in [3.8, 4) is 17.2 Å². The molecule has 0 atom stereocenters. The number of hydrogen-bond acceptors (Lipinski definition) is 4. The topological polar surface area (TPSA) is 51.6 Å². The maximum atomic E-state index is 10.1. The molecule has 126 valence electrons. The molecule has 3 aromatic rings. The minimum Gasteiger partial charge on any atom is -0.504 e. The third-order valence-corrected chi connectivity index (χ3v) is 4.49. The molecule has 4 rings (SSSR count). The molecule has 0 unspecified atom stereocenters. The van der Waals surface area contributed by atoms with Crippen molar-refractivity contribution in [1.29, 1.82) is 0 Å². The summed E-state index contributed by atoms with van der Waals surface area (Å²) in [6.45, 7) is 1.12. The van der Waals surface area contributed by atoms with Gasteiger partial charge in [-0.3, -0.25) is 0 Å². The molecule has 0 aliphatic carbocycles. The summed E-state index contributed by atoms with van der Waals surface area (Å²) in [6, 6.07) is 10.9. The predicted octanol–water partition coefficient (Wildman–Crippen LogP) is 5.19. The molecule has 0 bridgehead atoms. The van der Waals surface area contributed by atoms with Gasteiger partial charge in [0.2, 0.25) is 0 Å². The number of aromatic nitrogens is 1. The Morgan fingerprint density at radius 1 is 0.920 bits per heavy atom. The Balaban J connectivity index is 1.68. The molecule has 4 nitrogen and oxygen atoms in total. The molecule has 0 radical (unpaired) electrons. The molecule has 0 fully saturated rings. The van der Waals surface area contributed by atoms with Gasteiger partial charge >= 0.3 is 0 Å². The van der Waals surface area contributed by atoms with Crippen LogP contribution >= 0.6 is 23.2 Å². The van der Waals surface area contributed by atoms with Gasteiger partial charge in [0.05, 0.1) is 15.7 Å². The first kappa shape index (κ1) is 16.1. The van der Waals surface area contributed by atoms with E-state index in [0.717, 1.165) is 17.1 Å². The average molecular weight is 374 g/mol. The number of benzene rings is 2. The molecule has 1 aliphatic heterocycles. The highest BCUT2D eigenvalue weighted by Gasteiger charge is 2.12. The minimum absolute atomic E-state index is 0.0735. The van der Waals surface area contributed by atoms with E-state index in [1.54, 1.807) is 0 Å². The van der Waals surface area contributed by atoms with Gasteiger partial charge in [-0.25, -0.2) is 4.98 Å². The van der Waals surface area contributed by atoms with E-state index in [0.29, 0.717) is 34.8 Å². The van der Waals surface area contributed by atoms with Gasteiger partial charge in [0.15, 0.2) is 17.2 Å². The van der Waals surface area contributed by atoms with Crippen LogP contribution in [0, 0.1) is 0 Å². The number of rotatable bonds is 2. The number of hydrogen-bond donors (Lipinski definition) is 1. The maximum Gasteiger partial charge on any atom is 0.161 e. The zero-order valence-corrected chi connectivity index (χ0v) is 14.5. The number of aromatic hydroxyl groups is 1. The summed E-state index contributed by atoms with van der Waals surface area (Å²) in [5.41, 5.74) is 2.01. The molecule has 0 spiro atoms. The van der Waals surface area contributed by atoms with Crippen molar-refractivity contribution in [3.63, 3.8) is 0 Å². The van der Waals surface area contributed by atoms with Crippen LogP contribution in [0.15, 0.2) is 36.4 Å². The van der Waals surface area contributed by atoms with E-state index in [1.807, 2.05) is 42.5 Å². The van der Waals surface area contributed by atoms with Gasteiger partial charge in [-0.05, 0) is 42.0 Å². The summed E-state index contributed by atoms with van der Waals surface area (Å²) < 4.78 is 11.1. The zero-order chi connectivity index (χ0) is 17.4. The van der Waals surface area contributed by atoms with Crippen molar-refractivity contribution in [2.45, 2.75) is 0 Å². The Bertz CT molecular complexity index is 1000. The summed E-state index contributed by atoms with van der Waals surface area (Å²) in [5, 5.41) is 11.4. The molecular weight excluding hydrogens is 361 g/mol. The molecule has 0 saturated heterocycles. The van der Waals surface area contributed by atoms with Crippen molar-refractivity contribution in [3.05, 3.63) is 57.7 Å². The normalized spacial score (nSPS) is 13.5. The molecule has 2 heterocycles. The Kier molecular flexibility index (Phi) is 4.15. The Morgan fingerprint density at radius 3 is 2.56 bits per heavy atom. The zero-order valence-electron chi connectivity index (χ0n) is 13.0. The van der Waals surface area contributed by atoms with Gasteiger partial charge in [-0.2, -0.15) is 0 Å². The molecule has 1 aliphatic rings. The van der Waals surface area contributed by atoms with Crippen LogP contribution in [-0.2, 0) is 0 Å². The number of fused-ring (bicyclic) bond motifs is 2. The van der Waals surface area contributed by atoms with Crippen LogP contribution in [0.25, 0.3) is 23.1 Å². The van der Waals surface area contributed by atoms with E-state index < -0.39 is 0 Å². The van der Waals surface area contributed by atoms with Gasteiger partial charge in [-0.1, -0.05) is 35.3 Å². The van der Waals surface area contributed by atoms with Crippen LogP contribution in [0.2, 0.25) is 10.0 Å². The first-order valence-corrected chi connectivity index (χ1v) is 8.43. The third kappa shape index (κ3) is 3.11. The lowest BCUT2D eigenvalue weighted by atomic mass is 10.1. The standard InChI is InChI=1S/C19H13Cl2NO3/c20-14-10-15(21)19(23)18-13(14)5-4-12(22-18)3-1-11-2-6-16-17(9-11)25-8-7-24-16/h1-6,9-10,23H,7-8H2/b3-1+. The molecule has 2 aromatic carbocycles. The summed E-state index contributed by atoms with van der Waals surface area (Å²) in [4.78, 5) is 4.44. The van der Waals surface area contributed by atoms with E-state index in [-0.39, 0.29) is 10.8 Å². The van der Waals surface area contributed by atoms with Crippen molar-refractivity contribution < 1.29 is 14.6 Å². The summed E-state index contributed by atoms with van der Waals surface area (Å²) in [6.07, 6.45) is 3.76. The lowest BCUT2D eigenvalue weighted by molar-refractivity contribution is 0.171. The van der Waals surface area contributed by atoms with Crippen molar-refractivity contribution in [2.75, 3.05) is 13.2 Å². The van der Waals surface area contributed by atoms with Crippen LogP contribution in [0.5, 0.6) is 17.2 Å². The largest absolute Gasteiger partial charge is 0.504 e. The quantitative estimate of drug-likeness (QED) is 0.671. The average Bonchev–Trinajstić information content (AvgIpc) is 2.64. The Labute approximate surface area is 154 Å². The second-order valence-electron chi connectivity index (χ2n) is 5.56. The summed E-state index contributed by atoms with van der Waals surface area (Å²) in [7, 11) is 0. The molecule has 25 heavy (non-hydrogen) atoms. The first-order valence-electron chi connectivity index (χ1n) is 7.67. The van der Waals surface area contributed by atoms with Gasteiger partial charge in [0, 0.05) is 5.39 Å². The molecule has 1 N–H and O–H groups in total. The Hall–Kier alpha value is -2.43. The van der Waals surface area contributed by atoms with Crippen molar-refractivity contribution in [1.82, 2.24) is 4.98 Å². The number of nitrogens with zero attached hydrogens (tertiary/aromatic N) is 1. The first-order chi connectivity index (χ1) is 12.1. The number of halogens is 2. The van der Waals surface area contributed by atoms with Gasteiger partial charge in [0.1, 0.15) is 18.7 Å². The van der Waals surface area contributed by atoms with Crippen molar-refractivity contribution >= 4 is 46.3 Å². The molecular formula is C19H13Cl2NO3. The van der Waals surface area contributed by atoms with Crippen LogP contribution in [0.3, 0.4) is 0 Å². The van der Waals surface area contributed by atoms with Crippen LogP contribution in [-0.4, -0.2) is 23.3 Å². The van der Waals surface area contributed by atoms with E-state index in [4.69, 9.17) is 32.7 Å². The monoisotopic (exact) mass is 373 g/mol. The van der Waals surface area contributed by atoms with E-state index >= 15 is 0 Å². The fraction of sp³-hybridized carbons (Fsp3) is 0.105. The number of ether oxygens (including phenoxy) is 2. The second-order valence-corrected chi connectivity index (χ2v) is 6.37.